The van der Waals surface area contributed by atoms with Crippen LogP contribution in [0.5, 0.6) is 0 Å². The van der Waals surface area contributed by atoms with E-state index < -0.39 is 9.84 Å². The van der Waals surface area contributed by atoms with Gasteiger partial charge in [-0.05, 0) is 26.0 Å². The summed E-state index contributed by atoms with van der Waals surface area (Å²) in [5, 5.41) is 0. The van der Waals surface area contributed by atoms with Crippen molar-refractivity contribution in [3.05, 3.63) is 30.3 Å². The Kier molecular flexibility index (Phi) is 4.60. The first-order valence-corrected chi connectivity index (χ1v) is 8.20. The molecule has 16 heavy (non-hydrogen) atoms. The highest BCUT2D eigenvalue weighted by Gasteiger charge is 2.29. The lowest BCUT2D eigenvalue weighted by atomic mass is 10.2. The summed E-state index contributed by atoms with van der Waals surface area (Å²) in [6, 6.07) is 8.51. The van der Waals surface area contributed by atoms with Crippen molar-refractivity contribution in [2.45, 2.75) is 27.9 Å². The lowest BCUT2D eigenvalue weighted by Crippen LogP contribution is -2.31. The van der Waals surface area contributed by atoms with Crippen LogP contribution in [0.2, 0.25) is 0 Å². The normalized spacial score (nSPS) is 14.8. The molecule has 0 aliphatic heterocycles. The van der Waals surface area contributed by atoms with Crippen molar-refractivity contribution < 1.29 is 8.42 Å². The van der Waals surface area contributed by atoms with Crippen molar-refractivity contribution in [1.29, 1.82) is 0 Å². The Bertz CT molecular complexity index is 435. The van der Waals surface area contributed by atoms with E-state index in [9.17, 15) is 8.42 Å². The van der Waals surface area contributed by atoms with Gasteiger partial charge < -0.3 is 0 Å². The van der Waals surface area contributed by atoms with E-state index in [1.165, 1.54) is 0 Å². The van der Waals surface area contributed by atoms with E-state index in [0.29, 0.717) is 4.90 Å². The van der Waals surface area contributed by atoms with Crippen LogP contribution in [0.1, 0.15) is 13.8 Å². The Hall–Kier alpha value is 0.130. The second kappa shape index (κ2) is 5.19. The van der Waals surface area contributed by atoms with Gasteiger partial charge in [-0.2, -0.15) is 0 Å². The molecule has 0 N–H and O–H groups in total. The molecule has 1 rings (SSSR count). The third-order valence-corrected chi connectivity index (χ3v) is 7.04. The average molecular weight is 370 g/mol. The van der Waals surface area contributed by atoms with Crippen LogP contribution in [-0.2, 0) is 9.84 Å². The summed E-state index contributed by atoms with van der Waals surface area (Å²) in [5.74, 6) is 0.0786. The molecule has 0 aromatic heterocycles. The number of halogens is 2. The summed E-state index contributed by atoms with van der Waals surface area (Å²) in [6.45, 7) is 3.87. The van der Waals surface area contributed by atoms with Crippen LogP contribution < -0.4 is 0 Å². The summed E-state index contributed by atoms with van der Waals surface area (Å²) >= 11 is 6.86. The standard InChI is InChI=1S/C11H14Br2O2S/c1-11(2,13)10(12)8-16(14,15)9-6-4-3-5-7-9/h3-7,10H,8H2,1-2H3. The van der Waals surface area contributed by atoms with E-state index in [4.69, 9.17) is 0 Å². The molecule has 0 radical (unpaired) electrons. The smallest absolute Gasteiger partial charge is 0.179 e. The monoisotopic (exact) mass is 368 g/mol. The highest BCUT2D eigenvalue weighted by Crippen LogP contribution is 2.29. The molecule has 1 unspecified atom stereocenters. The summed E-state index contributed by atoms with van der Waals surface area (Å²) in [5.41, 5.74) is 0. The van der Waals surface area contributed by atoms with Gasteiger partial charge in [0.25, 0.3) is 0 Å². The predicted octanol–water partition coefficient (Wildman–Crippen LogP) is 3.40. The highest BCUT2D eigenvalue weighted by molar-refractivity contribution is 9.12. The van der Waals surface area contributed by atoms with E-state index in [1.807, 2.05) is 13.8 Å². The van der Waals surface area contributed by atoms with E-state index in [2.05, 4.69) is 31.9 Å². The third kappa shape index (κ3) is 3.86. The second-order valence-electron chi connectivity index (χ2n) is 4.13. The van der Waals surface area contributed by atoms with Crippen molar-refractivity contribution in [2.75, 3.05) is 5.75 Å². The fourth-order valence-corrected chi connectivity index (χ4v) is 4.10. The number of benzene rings is 1. The van der Waals surface area contributed by atoms with Crippen molar-refractivity contribution in [3.63, 3.8) is 0 Å². The molecular formula is C11H14Br2O2S. The van der Waals surface area contributed by atoms with E-state index >= 15 is 0 Å². The molecule has 0 saturated heterocycles. The SMILES string of the molecule is CC(C)(Br)C(Br)CS(=O)(=O)c1ccccc1. The van der Waals surface area contributed by atoms with Gasteiger partial charge in [-0.25, -0.2) is 8.42 Å². The zero-order valence-corrected chi connectivity index (χ0v) is 13.1. The molecule has 1 aromatic rings. The Morgan fingerprint density at radius 2 is 1.75 bits per heavy atom. The fourth-order valence-electron chi connectivity index (χ4n) is 1.11. The summed E-state index contributed by atoms with van der Waals surface area (Å²) < 4.78 is 23.8. The Balaban J connectivity index is 2.90. The second-order valence-corrected chi connectivity index (χ2v) is 9.31. The molecule has 0 fully saturated rings. The van der Waals surface area contributed by atoms with Gasteiger partial charge in [-0.1, -0.05) is 50.1 Å². The molecule has 90 valence electrons. The molecule has 0 saturated carbocycles. The van der Waals surface area contributed by atoms with Crippen molar-refractivity contribution in [2.24, 2.45) is 0 Å². The molecule has 2 nitrogen and oxygen atoms in total. The molecule has 0 spiro atoms. The minimum atomic E-state index is -3.22. The maximum absolute atomic E-state index is 12.0. The van der Waals surface area contributed by atoms with Gasteiger partial charge in [0.1, 0.15) is 0 Å². The summed E-state index contributed by atoms with van der Waals surface area (Å²) in [6.07, 6.45) is 0. The lowest BCUT2D eigenvalue weighted by molar-refractivity contribution is 0.589. The van der Waals surface area contributed by atoms with E-state index in [-0.39, 0.29) is 14.9 Å². The average Bonchev–Trinajstić information content (AvgIpc) is 2.17. The van der Waals surface area contributed by atoms with Gasteiger partial charge in [0.2, 0.25) is 0 Å². The zero-order chi connectivity index (χ0) is 12.4. The number of sulfone groups is 1. The largest absolute Gasteiger partial charge is 0.224 e. The first-order valence-electron chi connectivity index (χ1n) is 4.84. The third-order valence-electron chi connectivity index (χ3n) is 2.21. The lowest BCUT2D eigenvalue weighted by Gasteiger charge is -2.23. The minimum Gasteiger partial charge on any atom is -0.224 e. The number of hydrogen-bond acceptors (Lipinski definition) is 2. The van der Waals surface area contributed by atoms with Crippen molar-refractivity contribution >= 4 is 41.7 Å². The van der Waals surface area contributed by atoms with Gasteiger partial charge in [-0.3, -0.25) is 0 Å². The first kappa shape index (κ1) is 14.2. The van der Waals surface area contributed by atoms with Gasteiger partial charge >= 0.3 is 0 Å². The fraction of sp³-hybridized carbons (Fsp3) is 0.455. The maximum atomic E-state index is 12.0. The maximum Gasteiger partial charge on any atom is 0.179 e. The quantitative estimate of drug-likeness (QED) is 0.762. The predicted molar refractivity (Wildman–Crippen MR) is 74.2 cm³/mol. The topological polar surface area (TPSA) is 34.1 Å². The highest BCUT2D eigenvalue weighted by atomic mass is 79.9. The van der Waals surface area contributed by atoms with Crippen LogP contribution in [0.4, 0.5) is 0 Å². The molecule has 0 aliphatic carbocycles. The van der Waals surface area contributed by atoms with Gasteiger partial charge in [0.05, 0.1) is 10.6 Å². The van der Waals surface area contributed by atoms with Crippen molar-refractivity contribution in [3.8, 4) is 0 Å². The molecule has 1 atom stereocenters. The Morgan fingerprint density at radius 3 is 2.19 bits per heavy atom. The van der Waals surface area contributed by atoms with E-state index in [0.717, 1.165) is 0 Å². The summed E-state index contributed by atoms with van der Waals surface area (Å²) in [4.78, 5) is 0.237. The molecule has 0 aliphatic rings. The minimum absolute atomic E-state index is 0.0786. The van der Waals surface area contributed by atoms with Crippen LogP contribution in [0.15, 0.2) is 35.2 Å². The van der Waals surface area contributed by atoms with Gasteiger partial charge in [0.15, 0.2) is 9.84 Å². The first-order chi connectivity index (χ1) is 7.23. The number of rotatable bonds is 4. The summed E-state index contributed by atoms with van der Waals surface area (Å²) in [7, 11) is -3.22. The molecule has 0 heterocycles. The Morgan fingerprint density at radius 1 is 1.25 bits per heavy atom. The number of hydrogen-bond donors (Lipinski definition) is 0. The zero-order valence-electron chi connectivity index (χ0n) is 9.15. The molecule has 0 amide bonds. The number of alkyl halides is 2. The van der Waals surface area contributed by atoms with Crippen LogP contribution in [0.3, 0.4) is 0 Å². The van der Waals surface area contributed by atoms with Crippen LogP contribution in [0, 0.1) is 0 Å². The van der Waals surface area contributed by atoms with Gasteiger partial charge in [0, 0.05) is 9.15 Å². The van der Waals surface area contributed by atoms with Crippen LogP contribution >= 0.6 is 31.9 Å². The van der Waals surface area contributed by atoms with Crippen LogP contribution in [-0.4, -0.2) is 23.3 Å². The molecule has 5 heteroatoms. The molecule has 1 aromatic carbocycles. The van der Waals surface area contributed by atoms with Crippen LogP contribution in [0.25, 0.3) is 0 Å². The molecule has 0 bridgehead atoms. The van der Waals surface area contributed by atoms with Gasteiger partial charge in [-0.15, -0.1) is 0 Å². The Labute approximate surface area is 114 Å². The molecular weight excluding hydrogens is 356 g/mol. The van der Waals surface area contributed by atoms with E-state index in [1.54, 1.807) is 30.3 Å². The van der Waals surface area contributed by atoms with Crippen molar-refractivity contribution in [1.82, 2.24) is 0 Å².